The van der Waals surface area contributed by atoms with Gasteiger partial charge in [0.1, 0.15) is 23.7 Å². The first kappa shape index (κ1) is 36.9. The van der Waals surface area contributed by atoms with E-state index in [9.17, 15) is 29.4 Å². The second kappa shape index (κ2) is 13.8. The largest absolute Gasteiger partial charge is 0.465 e. The van der Waals surface area contributed by atoms with Gasteiger partial charge in [0.2, 0.25) is 11.8 Å². The Hall–Kier alpha value is -5.66. The Balaban J connectivity index is 0.934. The maximum atomic E-state index is 13.8. The SMILES string of the molecule is CN(C(=O)O)[C@H](C(=O)N1CCC[C@H]1c1ncc(-c2ccc3c(c2)C(C)(C)c2cc(-c4cnc([C@@H]5CCCN5C(=O)[C@H](C5CC5)N(C)C(=O)O)[nH]4)ccc2-3)[nH]1)C1CC1. The predicted molar refractivity (Wildman–Crippen MR) is 211 cm³/mol. The van der Waals surface area contributed by atoms with Crippen LogP contribution in [0.25, 0.3) is 33.6 Å². The number of carboxylic acid groups (broad SMARTS) is 2. The number of rotatable bonds is 10. The lowest BCUT2D eigenvalue weighted by molar-refractivity contribution is -0.138. The lowest BCUT2D eigenvalue weighted by atomic mass is 9.81. The molecule has 4 fully saturated rings. The number of likely N-dealkylation sites (N-methyl/N-ethyl adjacent to an activating group) is 2. The highest BCUT2D eigenvalue weighted by molar-refractivity contribution is 5.88. The summed E-state index contributed by atoms with van der Waals surface area (Å²) >= 11 is 0. The standard InChI is InChI=1S/C43H50N8O6/c1-43(2)29-19-25(31-21-44-37(46-31)33-7-5-17-50(33)39(52)35(23-9-10-23)48(3)41(54)55)13-15-27(29)28-16-14-26(20-30(28)43)32-22-45-38(47-32)34-8-6-18-51(34)40(53)36(24-11-12-24)49(4)42(56)57/h13-16,19-24,33-36H,5-12,17-18H2,1-4H3,(H,44,46)(H,45,47)(H,54,55)(H,56,57)/t33-,34-,35-,36-/m0/s1. The van der Waals surface area contributed by atoms with Crippen LogP contribution in [0.15, 0.2) is 48.8 Å². The zero-order valence-corrected chi connectivity index (χ0v) is 32.9. The van der Waals surface area contributed by atoms with E-state index in [1.165, 1.54) is 46.1 Å². The number of aromatic amines is 2. The molecule has 0 unspecified atom stereocenters. The van der Waals surface area contributed by atoms with Crippen LogP contribution in [0.3, 0.4) is 0 Å². The first-order chi connectivity index (χ1) is 27.3. The summed E-state index contributed by atoms with van der Waals surface area (Å²) in [7, 11) is 2.99. The predicted octanol–water partition coefficient (Wildman–Crippen LogP) is 6.88. The first-order valence-electron chi connectivity index (χ1n) is 20.3. The molecule has 14 heteroatoms. The third-order valence-corrected chi connectivity index (χ3v) is 13.3. The van der Waals surface area contributed by atoms with Gasteiger partial charge in [-0.15, -0.1) is 0 Å². The monoisotopic (exact) mass is 774 g/mol. The molecule has 3 aliphatic carbocycles. The Morgan fingerprint density at radius 3 is 1.46 bits per heavy atom. The number of nitrogens with zero attached hydrogens (tertiary/aromatic N) is 6. The fraction of sp³-hybridized carbons (Fsp3) is 0.488. The Bertz CT molecular complexity index is 2120. The molecule has 2 saturated heterocycles. The van der Waals surface area contributed by atoms with Crippen molar-refractivity contribution in [2.75, 3.05) is 27.2 Å². The van der Waals surface area contributed by atoms with Crippen LogP contribution in [0.1, 0.15) is 100 Å². The van der Waals surface area contributed by atoms with Crippen molar-refractivity contribution in [3.63, 3.8) is 0 Å². The summed E-state index contributed by atoms with van der Waals surface area (Å²) in [6.07, 6.45) is 8.14. The molecule has 4 amide bonds. The molecular formula is C43H50N8O6. The van der Waals surface area contributed by atoms with Crippen LogP contribution >= 0.6 is 0 Å². The maximum Gasteiger partial charge on any atom is 0.407 e. The van der Waals surface area contributed by atoms with Crippen molar-refractivity contribution in [2.45, 2.75) is 94.8 Å². The second-order valence-corrected chi connectivity index (χ2v) is 17.2. The fourth-order valence-corrected chi connectivity index (χ4v) is 9.78. The number of likely N-dealkylation sites (tertiary alicyclic amines) is 2. The molecule has 0 radical (unpaired) electrons. The van der Waals surface area contributed by atoms with Gasteiger partial charge < -0.3 is 30.0 Å². The van der Waals surface area contributed by atoms with Gasteiger partial charge in [-0.25, -0.2) is 19.6 Å². The van der Waals surface area contributed by atoms with Crippen LogP contribution in [-0.2, 0) is 15.0 Å². The van der Waals surface area contributed by atoms with E-state index >= 15 is 0 Å². The van der Waals surface area contributed by atoms with E-state index in [1.54, 1.807) is 0 Å². The van der Waals surface area contributed by atoms with E-state index in [2.05, 4.69) is 60.2 Å². The number of imidazole rings is 2. The minimum absolute atomic E-state index is 0.0688. The number of nitrogens with one attached hydrogen (secondary N) is 2. The Kier molecular flexibility index (Phi) is 8.93. The quantitative estimate of drug-likeness (QED) is 0.135. The van der Waals surface area contributed by atoms with Crippen molar-refractivity contribution in [3.8, 4) is 33.6 Å². The normalized spacial score (nSPS) is 21.9. The van der Waals surface area contributed by atoms with Gasteiger partial charge in [-0.3, -0.25) is 19.4 Å². The van der Waals surface area contributed by atoms with Gasteiger partial charge in [0.05, 0.1) is 35.9 Å². The van der Waals surface area contributed by atoms with E-state index in [4.69, 9.17) is 9.97 Å². The molecule has 2 aliphatic heterocycles. The summed E-state index contributed by atoms with van der Waals surface area (Å²) in [5.41, 5.74) is 8.16. The molecule has 14 nitrogen and oxygen atoms in total. The number of amides is 4. The number of aromatic nitrogens is 4. The van der Waals surface area contributed by atoms with Crippen LogP contribution in [0, 0.1) is 11.8 Å². The molecule has 2 aromatic carbocycles. The highest BCUT2D eigenvalue weighted by atomic mass is 16.4. The van der Waals surface area contributed by atoms with Crippen LogP contribution in [0.4, 0.5) is 9.59 Å². The average Bonchev–Trinajstić information content (AvgIpc) is 3.84. The van der Waals surface area contributed by atoms with E-state index in [1.807, 2.05) is 22.2 Å². The lowest BCUT2D eigenvalue weighted by Gasteiger charge is -2.31. The Labute approximate surface area is 331 Å². The van der Waals surface area contributed by atoms with Crippen molar-refractivity contribution in [3.05, 3.63) is 71.6 Å². The summed E-state index contributed by atoms with van der Waals surface area (Å²) in [5.74, 6) is 1.30. The summed E-state index contributed by atoms with van der Waals surface area (Å²) in [5, 5.41) is 19.4. The van der Waals surface area contributed by atoms with Gasteiger partial charge in [0.15, 0.2) is 0 Å². The van der Waals surface area contributed by atoms with Crippen LogP contribution < -0.4 is 0 Å². The molecule has 57 heavy (non-hydrogen) atoms. The zero-order chi connectivity index (χ0) is 39.9. The van der Waals surface area contributed by atoms with Crippen molar-refractivity contribution in [2.24, 2.45) is 11.8 Å². The van der Waals surface area contributed by atoms with Gasteiger partial charge in [0, 0.05) is 32.6 Å². The molecule has 9 rings (SSSR count). The first-order valence-corrected chi connectivity index (χ1v) is 20.3. The number of carbonyl (C=O) groups excluding carboxylic acids is 2. The van der Waals surface area contributed by atoms with Gasteiger partial charge in [-0.1, -0.05) is 38.1 Å². The van der Waals surface area contributed by atoms with Gasteiger partial charge >= 0.3 is 12.2 Å². The minimum atomic E-state index is -1.09. The molecule has 4 heterocycles. The molecule has 4 N–H and O–H groups in total. The number of hydrogen-bond donors (Lipinski definition) is 4. The third-order valence-electron chi connectivity index (χ3n) is 13.3. The van der Waals surface area contributed by atoms with Crippen LogP contribution in [0.2, 0.25) is 0 Å². The van der Waals surface area contributed by atoms with Crippen molar-refractivity contribution in [1.29, 1.82) is 0 Å². The Morgan fingerprint density at radius 2 is 1.09 bits per heavy atom. The van der Waals surface area contributed by atoms with Crippen molar-refractivity contribution in [1.82, 2.24) is 39.5 Å². The molecule has 5 aliphatic rings. The van der Waals surface area contributed by atoms with Gasteiger partial charge in [0.25, 0.3) is 0 Å². The molecule has 298 valence electrons. The Morgan fingerprint density at radius 1 is 0.684 bits per heavy atom. The van der Waals surface area contributed by atoms with E-state index in [0.717, 1.165) is 85.5 Å². The smallest absolute Gasteiger partial charge is 0.407 e. The second-order valence-electron chi connectivity index (χ2n) is 17.2. The molecule has 0 spiro atoms. The molecule has 0 bridgehead atoms. The molecular weight excluding hydrogens is 725 g/mol. The number of hydrogen-bond acceptors (Lipinski definition) is 6. The molecule has 4 aromatic rings. The molecule has 4 atom stereocenters. The molecule has 2 saturated carbocycles. The average molecular weight is 775 g/mol. The summed E-state index contributed by atoms with van der Waals surface area (Å²) in [6.45, 7) is 5.63. The van der Waals surface area contributed by atoms with E-state index < -0.39 is 24.3 Å². The van der Waals surface area contributed by atoms with Crippen LogP contribution in [-0.4, -0.2) is 113 Å². The fourth-order valence-electron chi connectivity index (χ4n) is 9.78. The number of carbonyl (C=O) groups is 4. The van der Waals surface area contributed by atoms with E-state index in [-0.39, 0.29) is 41.1 Å². The van der Waals surface area contributed by atoms with E-state index in [0.29, 0.717) is 13.1 Å². The maximum absolute atomic E-state index is 13.8. The summed E-state index contributed by atoms with van der Waals surface area (Å²) in [4.78, 5) is 73.8. The zero-order valence-electron chi connectivity index (χ0n) is 32.9. The summed E-state index contributed by atoms with van der Waals surface area (Å²) < 4.78 is 0. The highest BCUT2D eigenvalue weighted by Gasteiger charge is 2.47. The molecule has 2 aromatic heterocycles. The minimum Gasteiger partial charge on any atom is -0.465 e. The number of H-pyrrole nitrogens is 2. The number of benzene rings is 2. The van der Waals surface area contributed by atoms with Crippen molar-refractivity contribution < 1.29 is 29.4 Å². The van der Waals surface area contributed by atoms with Gasteiger partial charge in [-0.05, 0) is 109 Å². The topological polar surface area (TPSA) is 179 Å². The van der Waals surface area contributed by atoms with Crippen molar-refractivity contribution >= 4 is 24.0 Å². The van der Waals surface area contributed by atoms with Gasteiger partial charge in [-0.2, -0.15) is 0 Å². The summed E-state index contributed by atoms with van der Waals surface area (Å²) in [6, 6.07) is 11.2. The third kappa shape index (κ3) is 6.33. The number of fused-ring (bicyclic) bond motifs is 3. The lowest BCUT2D eigenvalue weighted by Crippen LogP contribution is -2.50. The highest BCUT2D eigenvalue weighted by Crippen LogP contribution is 2.51. The van der Waals surface area contributed by atoms with Crippen LogP contribution in [0.5, 0.6) is 0 Å².